The molecule has 0 aliphatic heterocycles. The predicted molar refractivity (Wildman–Crippen MR) is 113 cm³/mol. The van der Waals surface area contributed by atoms with Crippen molar-refractivity contribution in [2.75, 3.05) is 11.1 Å². The number of benzene rings is 3. The summed E-state index contributed by atoms with van der Waals surface area (Å²) in [6, 6.07) is 20.2. The van der Waals surface area contributed by atoms with E-state index in [4.69, 9.17) is 0 Å². The fourth-order valence-electron chi connectivity index (χ4n) is 2.97. The third-order valence-electron chi connectivity index (χ3n) is 4.31. The molecule has 9 heteroatoms. The van der Waals surface area contributed by atoms with Crippen LogP contribution in [0.5, 0.6) is 0 Å². The highest BCUT2D eigenvalue weighted by molar-refractivity contribution is 7.99. The molecule has 0 fully saturated rings. The molecular formula is C21H15FN4O3S. The molecule has 30 heavy (non-hydrogen) atoms. The van der Waals surface area contributed by atoms with Crippen molar-refractivity contribution in [3.8, 4) is 5.69 Å². The molecule has 0 spiro atoms. The normalized spacial score (nSPS) is 10.8. The third-order valence-corrected chi connectivity index (χ3v) is 5.25. The van der Waals surface area contributed by atoms with Gasteiger partial charge in [-0.2, -0.15) is 0 Å². The maximum Gasteiger partial charge on any atom is 0.271 e. The molecular weight excluding hydrogens is 407 g/mol. The Morgan fingerprint density at radius 3 is 2.60 bits per heavy atom. The SMILES string of the molecule is O=C(CSc1nc2ccccc2n1-c1ccccc1)Nc1cc([N+](=O)[O-])ccc1F. The first-order valence-corrected chi connectivity index (χ1v) is 9.91. The fourth-order valence-corrected chi connectivity index (χ4v) is 3.79. The van der Waals surface area contributed by atoms with Crippen LogP contribution in [0.1, 0.15) is 0 Å². The number of para-hydroxylation sites is 3. The second-order valence-electron chi connectivity index (χ2n) is 6.31. The Balaban J connectivity index is 1.57. The number of thioether (sulfide) groups is 1. The van der Waals surface area contributed by atoms with Crippen LogP contribution in [0.4, 0.5) is 15.8 Å². The van der Waals surface area contributed by atoms with Gasteiger partial charge in [0.2, 0.25) is 5.91 Å². The number of nitro groups is 1. The molecule has 0 unspecified atom stereocenters. The number of anilines is 1. The van der Waals surface area contributed by atoms with Gasteiger partial charge >= 0.3 is 0 Å². The number of carbonyl (C=O) groups excluding carboxylic acids is 1. The molecule has 1 N–H and O–H groups in total. The number of halogens is 1. The zero-order valence-electron chi connectivity index (χ0n) is 15.5. The van der Waals surface area contributed by atoms with Crippen LogP contribution >= 0.6 is 11.8 Å². The molecule has 150 valence electrons. The smallest absolute Gasteiger partial charge is 0.271 e. The zero-order chi connectivity index (χ0) is 21.1. The molecule has 0 saturated carbocycles. The monoisotopic (exact) mass is 422 g/mol. The zero-order valence-corrected chi connectivity index (χ0v) is 16.3. The summed E-state index contributed by atoms with van der Waals surface area (Å²) in [6.07, 6.45) is 0. The van der Waals surface area contributed by atoms with Gasteiger partial charge in [0.25, 0.3) is 5.69 Å². The number of nitrogens with one attached hydrogen (secondary N) is 1. The molecule has 0 radical (unpaired) electrons. The fraction of sp³-hybridized carbons (Fsp3) is 0.0476. The van der Waals surface area contributed by atoms with Crippen molar-refractivity contribution < 1.29 is 14.1 Å². The van der Waals surface area contributed by atoms with Gasteiger partial charge in [0.15, 0.2) is 5.16 Å². The number of nitrogens with zero attached hydrogens (tertiary/aromatic N) is 3. The lowest BCUT2D eigenvalue weighted by Crippen LogP contribution is -2.15. The number of carbonyl (C=O) groups is 1. The summed E-state index contributed by atoms with van der Waals surface area (Å²) in [5, 5.41) is 13.9. The number of rotatable bonds is 6. The number of fused-ring (bicyclic) bond motifs is 1. The molecule has 0 saturated heterocycles. The Kier molecular flexibility index (Phi) is 5.44. The molecule has 4 rings (SSSR count). The van der Waals surface area contributed by atoms with Crippen LogP contribution in [-0.4, -0.2) is 26.1 Å². The third kappa shape index (κ3) is 4.01. The van der Waals surface area contributed by atoms with Crippen molar-refractivity contribution in [3.63, 3.8) is 0 Å². The number of imidazole rings is 1. The molecule has 7 nitrogen and oxygen atoms in total. The van der Waals surface area contributed by atoms with Crippen molar-refractivity contribution in [2.45, 2.75) is 5.16 Å². The number of hydrogen-bond acceptors (Lipinski definition) is 5. The van der Waals surface area contributed by atoms with E-state index < -0.39 is 16.6 Å². The summed E-state index contributed by atoms with van der Waals surface area (Å²) in [4.78, 5) is 27.2. The quantitative estimate of drug-likeness (QED) is 0.274. The number of non-ortho nitro benzene ring substituents is 1. The Hall–Kier alpha value is -3.72. The van der Waals surface area contributed by atoms with Gasteiger partial charge in [-0.15, -0.1) is 0 Å². The number of aromatic nitrogens is 2. The maximum atomic E-state index is 13.9. The molecule has 4 aromatic rings. The van der Waals surface area contributed by atoms with Gasteiger partial charge in [-0.1, -0.05) is 42.1 Å². The van der Waals surface area contributed by atoms with Crippen LogP contribution in [0.15, 0.2) is 78.0 Å². The van der Waals surface area contributed by atoms with Crippen LogP contribution in [0.3, 0.4) is 0 Å². The first-order chi connectivity index (χ1) is 14.5. The highest BCUT2D eigenvalue weighted by Gasteiger charge is 2.16. The molecule has 0 aliphatic rings. The number of nitro benzene ring substituents is 1. The van der Waals surface area contributed by atoms with Gasteiger partial charge in [0, 0.05) is 17.8 Å². The standard InChI is InChI=1S/C21H15FN4O3S/c22-16-11-10-15(26(28)29)12-18(16)23-20(27)13-30-21-24-17-8-4-5-9-19(17)25(21)14-6-2-1-3-7-14/h1-12H,13H2,(H,23,27). The summed E-state index contributed by atoms with van der Waals surface area (Å²) >= 11 is 1.19. The Bertz CT molecular complexity index is 1240. The molecule has 1 amide bonds. The summed E-state index contributed by atoms with van der Waals surface area (Å²) in [5.74, 6) is -1.28. The van der Waals surface area contributed by atoms with E-state index >= 15 is 0 Å². The van der Waals surface area contributed by atoms with Gasteiger partial charge in [-0.25, -0.2) is 9.37 Å². The van der Waals surface area contributed by atoms with Crippen molar-refractivity contribution in [1.82, 2.24) is 9.55 Å². The van der Waals surface area contributed by atoms with E-state index in [1.54, 1.807) is 0 Å². The highest BCUT2D eigenvalue weighted by atomic mass is 32.2. The van der Waals surface area contributed by atoms with E-state index in [-0.39, 0.29) is 17.1 Å². The average Bonchev–Trinajstić information content (AvgIpc) is 3.12. The van der Waals surface area contributed by atoms with Gasteiger partial charge in [-0.3, -0.25) is 19.5 Å². The topological polar surface area (TPSA) is 90.1 Å². The maximum absolute atomic E-state index is 13.9. The molecule has 1 heterocycles. The number of amides is 1. The van der Waals surface area contributed by atoms with Crippen molar-refractivity contribution in [2.24, 2.45) is 0 Å². The minimum absolute atomic E-state index is 0.0434. The van der Waals surface area contributed by atoms with Crippen LogP contribution in [-0.2, 0) is 4.79 Å². The van der Waals surface area contributed by atoms with Gasteiger partial charge in [0.05, 0.1) is 27.4 Å². The van der Waals surface area contributed by atoms with Crippen LogP contribution in [0.2, 0.25) is 0 Å². The van der Waals surface area contributed by atoms with Crippen LogP contribution in [0.25, 0.3) is 16.7 Å². The van der Waals surface area contributed by atoms with E-state index in [0.29, 0.717) is 5.16 Å². The van der Waals surface area contributed by atoms with E-state index in [9.17, 15) is 19.3 Å². The lowest BCUT2D eigenvalue weighted by molar-refractivity contribution is -0.384. The van der Waals surface area contributed by atoms with Gasteiger partial charge < -0.3 is 5.32 Å². The molecule has 0 aliphatic carbocycles. The van der Waals surface area contributed by atoms with Gasteiger partial charge in [-0.05, 0) is 30.3 Å². The Morgan fingerprint density at radius 1 is 1.10 bits per heavy atom. The summed E-state index contributed by atoms with van der Waals surface area (Å²) in [7, 11) is 0. The van der Waals surface area contributed by atoms with E-state index in [1.165, 1.54) is 11.8 Å². The Labute approximate surface area is 174 Å². The minimum Gasteiger partial charge on any atom is -0.323 e. The highest BCUT2D eigenvalue weighted by Crippen LogP contribution is 2.28. The van der Waals surface area contributed by atoms with Gasteiger partial charge in [0.1, 0.15) is 5.82 Å². The minimum atomic E-state index is -0.740. The van der Waals surface area contributed by atoms with Crippen molar-refractivity contribution in [3.05, 3.63) is 88.7 Å². The first kappa shape index (κ1) is 19.6. The first-order valence-electron chi connectivity index (χ1n) is 8.92. The van der Waals surface area contributed by atoms with Crippen molar-refractivity contribution in [1.29, 1.82) is 0 Å². The summed E-state index contributed by atoms with van der Waals surface area (Å²) in [6.45, 7) is 0. The summed E-state index contributed by atoms with van der Waals surface area (Å²) in [5.41, 5.74) is 2.06. The number of hydrogen-bond donors (Lipinski definition) is 1. The second kappa shape index (κ2) is 8.34. The largest absolute Gasteiger partial charge is 0.323 e. The van der Waals surface area contributed by atoms with Crippen LogP contribution in [0, 0.1) is 15.9 Å². The predicted octanol–water partition coefficient (Wildman–Crippen LogP) is 4.80. The Morgan fingerprint density at radius 2 is 1.83 bits per heavy atom. The van der Waals surface area contributed by atoms with E-state index in [0.717, 1.165) is 34.9 Å². The molecule has 1 aromatic heterocycles. The second-order valence-corrected chi connectivity index (χ2v) is 7.25. The van der Waals surface area contributed by atoms with E-state index in [1.807, 2.05) is 59.2 Å². The summed E-state index contributed by atoms with van der Waals surface area (Å²) < 4.78 is 15.9. The molecule has 3 aromatic carbocycles. The molecule has 0 atom stereocenters. The van der Waals surface area contributed by atoms with E-state index in [2.05, 4.69) is 10.3 Å². The average molecular weight is 422 g/mol. The van der Waals surface area contributed by atoms with Crippen LogP contribution < -0.4 is 5.32 Å². The lowest BCUT2D eigenvalue weighted by atomic mass is 10.2. The lowest BCUT2D eigenvalue weighted by Gasteiger charge is -2.09. The molecule has 0 bridgehead atoms. The van der Waals surface area contributed by atoms with Crippen molar-refractivity contribution >= 4 is 40.1 Å².